The molecule has 0 amide bonds. The van der Waals surface area contributed by atoms with Gasteiger partial charge in [-0.15, -0.1) is 0 Å². The highest BCUT2D eigenvalue weighted by atomic mass is 32.2. The number of thioether (sulfide) groups is 3. The molecule has 2 heterocycles. The predicted octanol–water partition coefficient (Wildman–Crippen LogP) is 14.7. The van der Waals surface area contributed by atoms with E-state index in [4.69, 9.17) is 38.3 Å². The molecule has 64 heavy (non-hydrogen) atoms. The molecule has 11 heteroatoms. The fourth-order valence-corrected chi connectivity index (χ4v) is 7.70. The van der Waals surface area contributed by atoms with Gasteiger partial charge in [0.15, 0.2) is 0 Å². The van der Waals surface area contributed by atoms with E-state index in [-0.39, 0.29) is 40.2 Å². The minimum atomic E-state index is 0.0401. The molecule has 0 radical (unpaired) electrons. The molecule has 2 aliphatic heterocycles. The van der Waals surface area contributed by atoms with Gasteiger partial charge in [-0.05, 0) is 195 Å². The third-order valence-corrected chi connectivity index (χ3v) is 13.5. The fourth-order valence-electron chi connectivity index (χ4n) is 5.91. The van der Waals surface area contributed by atoms with Gasteiger partial charge in [-0.3, -0.25) is 0 Å². The number of aliphatic hydroxyl groups is 1. The number of ether oxygens (including phenoxy) is 7. The summed E-state index contributed by atoms with van der Waals surface area (Å²) >= 11 is 5.82. The molecule has 390 valence electrons. The van der Waals surface area contributed by atoms with Gasteiger partial charge in [-0.2, -0.15) is 35.3 Å². The summed E-state index contributed by atoms with van der Waals surface area (Å²) in [6, 6.07) is 0. The van der Waals surface area contributed by atoms with E-state index < -0.39 is 0 Å². The molecule has 2 saturated heterocycles. The van der Waals surface area contributed by atoms with Gasteiger partial charge < -0.3 is 38.3 Å². The van der Waals surface area contributed by atoms with Crippen LogP contribution in [-0.4, -0.2) is 134 Å². The van der Waals surface area contributed by atoms with Gasteiger partial charge >= 0.3 is 0 Å². The molecule has 1 N–H and O–H groups in total. The van der Waals surface area contributed by atoms with E-state index >= 15 is 0 Å². The zero-order valence-corrected chi connectivity index (χ0v) is 48.9. The average molecular weight is 974 g/mol. The van der Waals surface area contributed by atoms with Crippen LogP contribution in [0.2, 0.25) is 0 Å². The highest BCUT2D eigenvalue weighted by Crippen LogP contribution is 2.37. The molecule has 3 saturated carbocycles. The minimum absolute atomic E-state index is 0.0401. The number of aliphatic hydroxyl groups excluding tert-OH is 1. The normalized spacial score (nSPS) is 20.3. The zero-order chi connectivity index (χ0) is 50.0. The Bertz CT molecular complexity index is 972. The van der Waals surface area contributed by atoms with Crippen molar-refractivity contribution < 1.29 is 38.3 Å². The SMILES string of the molecule is CC(C)(C)C.CC1(C)CCCO1.CC1(C)CCCS1.CC1(OCCO)CCC1.COC(C)(C)C.COCCOC1(C)CCC1.CSCCCOC(C)(C)C.CSCCOC1(C)CCC1. The highest BCUT2D eigenvalue weighted by molar-refractivity contribution is 8.00. The molecule has 3 aliphatic carbocycles. The number of rotatable bonds is 15. The second-order valence-electron chi connectivity index (χ2n) is 23.2. The van der Waals surface area contributed by atoms with Gasteiger partial charge in [-0.25, -0.2) is 0 Å². The van der Waals surface area contributed by atoms with E-state index in [1.165, 1.54) is 88.6 Å². The summed E-state index contributed by atoms with van der Waals surface area (Å²) in [5, 5.41) is 8.42. The third-order valence-electron chi connectivity index (χ3n) is 10.7. The largest absolute Gasteiger partial charge is 0.394 e. The summed E-state index contributed by atoms with van der Waals surface area (Å²) in [6.07, 6.45) is 22.0. The smallest absolute Gasteiger partial charge is 0.0707 e. The van der Waals surface area contributed by atoms with Crippen LogP contribution in [0.15, 0.2) is 0 Å². The van der Waals surface area contributed by atoms with Crippen molar-refractivity contribution >= 4 is 35.3 Å². The topological polar surface area (TPSA) is 84.8 Å². The van der Waals surface area contributed by atoms with Gasteiger partial charge in [-0.1, -0.05) is 41.5 Å². The monoisotopic (exact) mass is 973 g/mol. The Balaban J connectivity index is -0.000000671. The maximum atomic E-state index is 8.42. The summed E-state index contributed by atoms with van der Waals surface area (Å²) in [7, 11) is 3.41. The Kier molecular flexibility index (Phi) is 39.5. The first-order chi connectivity index (χ1) is 29.3. The summed E-state index contributed by atoms with van der Waals surface area (Å²) in [5.74, 6) is 3.72. The van der Waals surface area contributed by atoms with E-state index in [2.05, 4.69) is 121 Å². The van der Waals surface area contributed by atoms with Crippen LogP contribution in [0.3, 0.4) is 0 Å². The van der Waals surface area contributed by atoms with Crippen LogP contribution in [0.1, 0.15) is 208 Å². The van der Waals surface area contributed by atoms with E-state index in [0.29, 0.717) is 16.8 Å². The first kappa shape index (κ1) is 69.0. The average Bonchev–Trinajstić information content (AvgIpc) is 3.76. The Morgan fingerprint density at radius 3 is 1.22 bits per heavy atom. The molecule has 8 nitrogen and oxygen atoms in total. The molecule has 0 spiro atoms. The Morgan fingerprint density at radius 1 is 0.547 bits per heavy atom. The lowest BCUT2D eigenvalue weighted by molar-refractivity contribution is -0.0975. The van der Waals surface area contributed by atoms with Crippen LogP contribution in [0.5, 0.6) is 0 Å². The molecular formula is C53H112O8S3. The fraction of sp³-hybridized carbons (Fsp3) is 1.00. The van der Waals surface area contributed by atoms with E-state index in [9.17, 15) is 0 Å². The van der Waals surface area contributed by atoms with E-state index in [1.54, 1.807) is 14.2 Å². The molecule has 5 aliphatic rings. The molecule has 0 bridgehead atoms. The summed E-state index contributed by atoms with van der Waals surface area (Å²) in [5.41, 5.74) is 1.34. The molecule has 0 atom stereocenters. The standard InChI is InChI=1S/C8H16O2.C8H16OS.C8H18OS.C7H14O2.C6H12O.C6H12S.C5H12O.C5H12/c1-8(4-3-5-8)10-7-6-9-2;1-8(4-3-5-8)9-6-7-10-2;1-8(2,3)9-6-5-7-10-4;1-7(3-2-4-7)9-6-5-8;2*1-6(2)4-3-5-7-6;1-5(2,3)6-4;1-5(2,3)4/h2*3-7H2,1-2H3;5-7H2,1-4H3;8H,2-6H2,1H3;2*3-5H2,1-2H3;1-4H3;1-4H3. The highest BCUT2D eigenvalue weighted by Gasteiger charge is 2.33. The molecule has 0 aromatic rings. The Labute approximate surface area is 413 Å². The zero-order valence-electron chi connectivity index (χ0n) is 46.5. The quantitative estimate of drug-likeness (QED) is 0.159. The van der Waals surface area contributed by atoms with Gasteiger partial charge in [0.1, 0.15) is 0 Å². The van der Waals surface area contributed by atoms with E-state index in [0.717, 1.165) is 51.6 Å². The van der Waals surface area contributed by atoms with Crippen LogP contribution in [-0.2, 0) is 33.2 Å². The maximum absolute atomic E-state index is 8.42. The Morgan fingerprint density at radius 2 is 0.984 bits per heavy atom. The molecule has 0 unspecified atom stereocenters. The van der Waals surface area contributed by atoms with Gasteiger partial charge in [0, 0.05) is 37.9 Å². The predicted molar refractivity (Wildman–Crippen MR) is 288 cm³/mol. The van der Waals surface area contributed by atoms with Crippen molar-refractivity contribution in [3.8, 4) is 0 Å². The van der Waals surface area contributed by atoms with Gasteiger partial charge in [0.05, 0.1) is 66.6 Å². The first-order valence-corrected chi connectivity index (χ1v) is 28.6. The van der Waals surface area contributed by atoms with Crippen LogP contribution >= 0.6 is 35.3 Å². The summed E-state index contributed by atoms with van der Waals surface area (Å²) < 4.78 is 37.9. The molecular weight excluding hydrogens is 861 g/mol. The number of hydrogen-bond donors (Lipinski definition) is 1. The van der Waals surface area contributed by atoms with Crippen molar-refractivity contribution in [3.05, 3.63) is 0 Å². The first-order valence-electron chi connectivity index (χ1n) is 24.8. The van der Waals surface area contributed by atoms with E-state index in [1.807, 2.05) is 44.3 Å². The van der Waals surface area contributed by atoms with Gasteiger partial charge in [0.2, 0.25) is 0 Å². The molecule has 0 aromatic carbocycles. The van der Waals surface area contributed by atoms with Crippen molar-refractivity contribution in [2.45, 2.75) is 246 Å². The van der Waals surface area contributed by atoms with Crippen molar-refractivity contribution in [2.75, 3.05) is 90.2 Å². The second-order valence-corrected chi connectivity index (χ2v) is 27.0. The Hall–Kier alpha value is 0.730. The van der Waals surface area contributed by atoms with Crippen molar-refractivity contribution in [1.29, 1.82) is 0 Å². The molecule has 0 aromatic heterocycles. The number of hydrogen-bond acceptors (Lipinski definition) is 11. The third kappa shape index (κ3) is 49.2. The lowest BCUT2D eigenvalue weighted by Gasteiger charge is -2.38. The van der Waals surface area contributed by atoms with Crippen molar-refractivity contribution in [3.63, 3.8) is 0 Å². The second kappa shape index (κ2) is 36.6. The van der Waals surface area contributed by atoms with Gasteiger partial charge in [0.25, 0.3) is 0 Å². The van der Waals surface area contributed by atoms with Crippen LogP contribution in [0.4, 0.5) is 0 Å². The summed E-state index contributed by atoms with van der Waals surface area (Å²) in [4.78, 5) is 0. The van der Waals surface area contributed by atoms with Crippen LogP contribution < -0.4 is 0 Å². The van der Waals surface area contributed by atoms with Crippen molar-refractivity contribution in [2.24, 2.45) is 5.41 Å². The van der Waals surface area contributed by atoms with Crippen molar-refractivity contribution in [1.82, 2.24) is 0 Å². The lowest BCUT2D eigenvalue weighted by Crippen LogP contribution is -2.37. The van der Waals surface area contributed by atoms with Crippen LogP contribution in [0, 0.1) is 5.41 Å². The summed E-state index contributed by atoms with van der Waals surface area (Å²) in [6.45, 7) is 41.4. The molecule has 5 fully saturated rings. The maximum Gasteiger partial charge on any atom is 0.0707 e. The molecule has 5 rings (SSSR count). The lowest BCUT2D eigenvalue weighted by atomic mass is 9.82. The minimum Gasteiger partial charge on any atom is -0.394 e. The van der Waals surface area contributed by atoms with Crippen LogP contribution in [0.25, 0.3) is 0 Å². The number of methoxy groups -OCH3 is 2.